The highest BCUT2D eigenvalue weighted by Crippen LogP contribution is 2.29. The van der Waals surface area contributed by atoms with Gasteiger partial charge in [-0.2, -0.15) is 0 Å². The Morgan fingerprint density at radius 2 is 0.917 bits per heavy atom. The molecular weight excluding hydrogens is 144 g/mol. The molecule has 0 nitrogen and oxygen atoms in total. The molecule has 0 atom stereocenters. The second-order valence-electron chi connectivity index (χ2n) is 4.47. The first kappa shape index (κ1) is 8.34. The minimum Gasteiger partial charge on any atom is -0.0851 e. The molecule has 0 spiro atoms. The van der Waals surface area contributed by atoms with E-state index in [1.807, 2.05) is 0 Å². The molecular formula is C12H20. The zero-order valence-corrected chi connectivity index (χ0v) is 7.97. The van der Waals surface area contributed by atoms with Gasteiger partial charge in [0.2, 0.25) is 0 Å². The zero-order valence-electron chi connectivity index (χ0n) is 7.97. The van der Waals surface area contributed by atoms with Crippen LogP contribution in [0, 0.1) is 11.8 Å². The summed E-state index contributed by atoms with van der Waals surface area (Å²) >= 11 is 0. The lowest BCUT2D eigenvalue weighted by Gasteiger charge is -2.04. The molecule has 0 N–H and O–H groups in total. The molecule has 0 bridgehead atoms. The van der Waals surface area contributed by atoms with E-state index in [1.54, 1.807) is 0 Å². The van der Waals surface area contributed by atoms with Gasteiger partial charge in [-0.15, -0.1) is 0 Å². The predicted molar refractivity (Wildman–Crippen MR) is 53.1 cm³/mol. The van der Waals surface area contributed by atoms with Crippen LogP contribution in [0.25, 0.3) is 0 Å². The van der Waals surface area contributed by atoms with Crippen LogP contribution in [0.15, 0.2) is 12.2 Å². The Labute approximate surface area is 76.1 Å². The molecule has 2 fully saturated rings. The normalized spacial score (nSPS) is 27.7. The van der Waals surface area contributed by atoms with Crippen molar-refractivity contribution in [2.45, 2.75) is 51.4 Å². The molecule has 0 aromatic rings. The minimum atomic E-state index is 0.950. The van der Waals surface area contributed by atoms with E-state index in [9.17, 15) is 0 Å². The van der Waals surface area contributed by atoms with Gasteiger partial charge in [0.1, 0.15) is 0 Å². The van der Waals surface area contributed by atoms with Crippen molar-refractivity contribution in [1.82, 2.24) is 0 Å². The van der Waals surface area contributed by atoms with Crippen molar-refractivity contribution in [3.8, 4) is 0 Å². The summed E-state index contributed by atoms with van der Waals surface area (Å²) in [6, 6.07) is 0. The molecule has 2 aliphatic carbocycles. The number of allylic oxidation sites excluding steroid dienone is 2. The summed E-state index contributed by atoms with van der Waals surface area (Å²) in [6.45, 7) is 0. The lowest BCUT2D eigenvalue weighted by Crippen LogP contribution is -1.90. The van der Waals surface area contributed by atoms with Gasteiger partial charge in [-0.1, -0.05) is 37.8 Å². The van der Waals surface area contributed by atoms with Crippen LogP contribution >= 0.6 is 0 Å². The van der Waals surface area contributed by atoms with Crippen molar-refractivity contribution in [2.75, 3.05) is 0 Å². The third kappa shape index (κ3) is 2.12. The Bertz CT molecular complexity index is 127. The van der Waals surface area contributed by atoms with Crippen molar-refractivity contribution < 1.29 is 0 Å². The zero-order chi connectivity index (χ0) is 8.23. The SMILES string of the molecule is C(=CC1CCCC1)C1CCCC1. The molecule has 0 amide bonds. The van der Waals surface area contributed by atoms with Crippen molar-refractivity contribution in [2.24, 2.45) is 11.8 Å². The molecule has 2 rings (SSSR count). The highest BCUT2D eigenvalue weighted by atomic mass is 14.2. The molecule has 0 aromatic heterocycles. The van der Waals surface area contributed by atoms with Crippen LogP contribution < -0.4 is 0 Å². The minimum absolute atomic E-state index is 0.950. The second-order valence-corrected chi connectivity index (χ2v) is 4.47. The Kier molecular flexibility index (Phi) is 2.86. The van der Waals surface area contributed by atoms with Gasteiger partial charge in [-0.3, -0.25) is 0 Å². The number of hydrogen-bond donors (Lipinski definition) is 0. The Morgan fingerprint density at radius 3 is 1.25 bits per heavy atom. The number of hydrogen-bond acceptors (Lipinski definition) is 0. The first-order chi connectivity index (χ1) is 5.95. The summed E-state index contributed by atoms with van der Waals surface area (Å²) in [7, 11) is 0. The highest BCUT2D eigenvalue weighted by molar-refractivity contribution is 4.95. The summed E-state index contributed by atoms with van der Waals surface area (Å²) in [5.74, 6) is 1.90. The van der Waals surface area contributed by atoms with Gasteiger partial charge >= 0.3 is 0 Å². The maximum atomic E-state index is 2.52. The quantitative estimate of drug-likeness (QED) is 0.543. The number of rotatable bonds is 2. The predicted octanol–water partition coefficient (Wildman–Crippen LogP) is 3.92. The van der Waals surface area contributed by atoms with Crippen molar-refractivity contribution in [3.05, 3.63) is 12.2 Å². The highest BCUT2D eigenvalue weighted by Gasteiger charge is 2.14. The Balaban J connectivity index is 1.75. The van der Waals surface area contributed by atoms with Crippen LogP contribution in [0.5, 0.6) is 0 Å². The van der Waals surface area contributed by atoms with E-state index >= 15 is 0 Å². The second kappa shape index (κ2) is 4.11. The van der Waals surface area contributed by atoms with E-state index in [0.29, 0.717) is 0 Å². The van der Waals surface area contributed by atoms with E-state index in [4.69, 9.17) is 0 Å². The smallest absolute Gasteiger partial charge is 0.0233 e. The third-order valence-electron chi connectivity index (χ3n) is 3.46. The van der Waals surface area contributed by atoms with Crippen LogP contribution in [0.3, 0.4) is 0 Å². The van der Waals surface area contributed by atoms with Gasteiger partial charge in [-0.25, -0.2) is 0 Å². The van der Waals surface area contributed by atoms with Gasteiger partial charge in [-0.05, 0) is 37.5 Å². The fourth-order valence-corrected chi connectivity index (χ4v) is 2.61. The van der Waals surface area contributed by atoms with Gasteiger partial charge in [0, 0.05) is 0 Å². The van der Waals surface area contributed by atoms with Gasteiger partial charge in [0.25, 0.3) is 0 Å². The van der Waals surface area contributed by atoms with Gasteiger partial charge in [0.15, 0.2) is 0 Å². The van der Waals surface area contributed by atoms with E-state index in [2.05, 4.69) is 12.2 Å². The molecule has 0 unspecified atom stereocenters. The molecule has 0 saturated heterocycles. The first-order valence-corrected chi connectivity index (χ1v) is 5.63. The summed E-state index contributed by atoms with van der Waals surface area (Å²) in [4.78, 5) is 0. The Hall–Kier alpha value is -0.260. The topological polar surface area (TPSA) is 0 Å². The summed E-state index contributed by atoms with van der Waals surface area (Å²) in [6.07, 6.45) is 16.8. The molecule has 0 aromatic carbocycles. The molecule has 2 aliphatic rings. The molecule has 12 heavy (non-hydrogen) atoms. The molecule has 0 heteroatoms. The van der Waals surface area contributed by atoms with Crippen LogP contribution in [0.1, 0.15) is 51.4 Å². The lowest BCUT2D eigenvalue weighted by molar-refractivity contribution is 0.646. The monoisotopic (exact) mass is 164 g/mol. The van der Waals surface area contributed by atoms with E-state index < -0.39 is 0 Å². The average molecular weight is 164 g/mol. The fourth-order valence-electron chi connectivity index (χ4n) is 2.61. The largest absolute Gasteiger partial charge is 0.0851 e. The maximum absolute atomic E-state index is 2.52. The van der Waals surface area contributed by atoms with E-state index in [0.717, 1.165) is 11.8 Å². The molecule has 2 saturated carbocycles. The lowest BCUT2D eigenvalue weighted by atomic mass is 10.0. The molecule has 0 aliphatic heterocycles. The summed E-state index contributed by atoms with van der Waals surface area (Å²) < 4.78 is 0. The summed E-state index contributed by atoms with van der Waals surface area (Å²) in [5.41, 5.74) is 0. The maximum Gasteiger partial charge on any atom is -0.0233 e. The Morgan fingerprint density at radius 1 is 0.583 bits per heavy atom. The van der Waals surface area contributed by atoms with Crippen LogP contribution in [0.4, 0.5) is 0 Å². The van der Waals surface area contributed by atoms with Crippen LogP contribution in [-0.2, 0) is 0 Å². The average Bonchev–Trinajstić information content (AvgIpc) is 2.74. The molecule has 68 valence electrons. The first-order valence-electron chi connectivity index (χ1n) is 5.63. The molecule has 0 radical (unpaired) electrons. The van der Waals surface area contributed by atoms with Gasteiger partial charge in [0.05, 0.1) is 0 Å². The summed E-state index contributed by atoms with van der Waals surface area (Å²) in [5, 5.41) is 0. The fraction of sp³-hybridized carbons (Fsp3) is 0.833. The van der Waals surface area contributed by atoms with E-state index in [1.165, 1.54) is 51.4 Å². The standard InChI is InChI=1S/C12H20/c1-2-6-11(5-1)9-10-12-7-3-4-8-12/h9-12H,1-8H2. The van der Waals surface area contributed by atoms with Crippen LogP contribution in [0.2, 0.25) is 0 Å². The molecule has 0 heterocycles. The van der Waals surface area contributed by atoms with Crippen molar-refractivity contribution in [1.29, 1.82) is 0 Å². The van der Waals surface area contributed by atoms with Crippen molar-refractivity contribution in [3.63, 3.8) is 0 Å². The third-order valence-corrected chi connectivity index (χ3v) is 3.46. The van der Waals surface area contributed by atoms with Crippen molar-refractivity contribution >= 4 is 0 Å². The van der Waals surface area contributed by atoms with Crippen LogP contribution in [-0.4, -0.2) is 0 Å². The van der Waals surface area contributed by atoms with E-state index in [-0.39, 0.29) is 0 Å². The van der Waals surface area contributed by atoms with Gasteiger partial charge < -0.3 is 0 Å².